The summed E-state index contributed by atoms with van der Waals surface area (Å²) in [6, 6.07) is 5.91. The van der Waals surface area contributed by atoms with Crippen LogP contribution in [0.2, 0.25) is 0 Å². The van der Waals surface area contributed by atoms with Crippen LogP contribution in [0.1, 0.15) is 49.7 Å². The fourth-order valence-corrected chi connectivity index (χ4v) is 5.69. The molecule has 0 saturated heterocycles. The van der Waals surface area contributed by atoms with E-state index in [1.165, 1.54) is 17.5 Å². The molecule has 1 aromatic rings. The quantitative estimate of drug-likeness (QED) is 0.687. The first kappa shape index (κ1) is 13.6. The molecule has 3 heteroatoms. The fraction of sp³-hybridized carbons (Fsp3) is 0.667. The highest BCUT2D eigenvalue weighted by atomic mass is 16.3. The molecule has 1 aromatic carbocycles. The first-order valence-electron chi connectivity index (χ1n) is 8.26. The van der Waals surface area contributed by atoms with Crippen molar-refractivity contribution in [2.24, 2.45) is 23.0 Å². The van der Waals surface area contributed by atoms with Crippen LogP contribution in [0.15, 0.2) is 18.2 Å². The van der Waals surface area contributed by atoms with Crippen LogP contribution in [0.5, 0.6) is 5.75 Å². The van der Waals surface area contributed by atoms with Gasteiger partial charge >= 0.3 is 0 Å². The number of hydrogen-bond donors (Lipinski definition) is 3. The molecule has 0 bridgehead atoms. The van der Waals surface area contributed by atoms with E-state index >= 15 is 0 Å². The summed E-state index contributed by atoms with van der Waals surface area (Å²) in [4.78, 5) is 0. The van der Waals surface area contributed by atoms with Crippen LogP contribution in [0.4, 0.5) is 0 Å². The van der Waals surface area contributed by atoms with Crippen LogP contribution in [-0.4, -0.2) is 22.4 Å². The molecule has 21 heavy (non-hydrogen) atoms. The number of aryl methyl sites for hydroxylation is 1. The summed E-state index contributed by atoms with van der Waals surface area (Å²) in [6.07, 6.45) is 4.95. The van der Waals surface area contributed by atoms with Crippen molar-refractivity contribution in [3.8, 4) is 5.75 Å². The molecule has 0 aliphatic heterocycles. The van der Waals surface area contributed by atoms with Gasteiger partial charge in [0.25, 0.3) is 0 Å². The van der Waals surface area contributed by atoms with Crippen molar-refractivity contribution < 1.29 is 10.2 Å². The van der Waals surface area contributed by atoms with Crippen molar-refractivity contribution in [3.05, 3.63) is 29.3 Å². The maximum Gasteiger partial charge on any atom is 0.115 e. The van der Waals surface area contributed by atoms with Crippen LogP contribution in [0.3, 0.4) is 0 Å². The van der Waals surface area contributed by atoms with E-state index in [1.807, 2.05) is 12.1 Å². The first-order chi connectivity index (χ1) is 10.0. The van der Waals surface area contributed by atoms with Crippen molar-refractivity contribution in [1.29, 1.82) is 0 Å². The smallest absolute Gasteiger partial charge is 0.115 e. The van der Waals surface area contributed by atoms with Gasteiger partial charge in [-0.05, 0) is 72.6 Å². The number of nitrogens with two attached hydrogens (primary N) is 1. The Morgan fingerprint density at radius 1 is 1.24 bits per heavy atom. The highest BCUT2D eigenvalue weighted by molar-refractivity contribution is 5.41. The van der Waals surface area contributed by atoms with Crippen LogP contribution in [-0.2, 0) is 6.42 Å². The molecule has 3 aliphatic carbocycles. The van der Waals surface area contributed by atoms with Gasteiger partial charge in [-0.3, -0.25) is 0 Å². The summed E-state index contributed by atoms with van der Waals surface area (Å²) < 4.78 is 0. The van der Waals surface area contributed by atoms with Gasteiger partial charge in [-0.15, -0.1) is 0 Å². The molecule has 3 unspecified atom stereocenters. The lowest BCUT2D eigenvalue weighted by atomic mass is 9.54. The Morgan fingerprint density at radius 3 is 2.86 bits per heavy atom. The molecule has 2 fully saturated rings. The predicted molar refractivity (Wildman–Crippen MR) is 82.1 cm³/mol. The molecule has 114 valence electrons. The monoisotopic (exact) mass is 287 g/mol. The third-order valence-electron chi connectivity index (χ3n) is 6.76. The summed E-state index contributed by atoms with van der Waals surface area (Å²) in [7, 11) is 0. The molecule has 4 N–H and O–H groups in total. The Morgan fingerprint density at radius 2 is 2.05 bits per heavy atom. The van der Waals surface area contributed by atoms with Crippen molar-refractivity contribution in [2.75, 3.05) is 0 Å². The topological polar surface area (TPSA) is 66.5 Å². The lowest BCUT2D eigenvalue weighted by Gasteiger charge is -2.52. The van der Waals surface area contributed by atoms with Gasteiger partial charge in [0.2, 0.25) is 0 Å². The highest BCUT2D eigenvalue weighted by Crippen LogP contribution is 2.60. The Balaban J connectivity index is 1.76. The maximum absolute atomic E-state index is 10.8. The average molecular weight is 287 g/mol. The van der Waals surface area contributed by atoms with Crippen LogP contribution in [0, 0.1) is 17.3 Å². The summed E-state index contributed by atoms with van der Waals surface area (Å²) in [5, 5.41) is 20.5. The van der Waals surface area contributed by atoms with Gasteiger partial charge in [0.05, 0.1) is 6.10 Å². The van der Waals surface area contributed by atoms with Crippen LogP contribution in [0.25, 0.3) is 0 Å². The highest BCUT2D eigenvalue weighted by Gasteiger charge is 2.56. The fourth-order valence-electron chi connectivity index (χ4n) is 5.69. The molecule has 3 nitrogen and oxygen atoms in total. The molecule has 0 amide bonds. The lowest BCUT2D eigenvalue weighted by molar-refractivity contribution is -0.0427. The van der Waals surface area contributed by atoms with E-state index < -0.39 is 0 Å². The summed E-state index contributed by atoms with van der Waals surface area (Å²) in [6.45, 7) is 2.29. The van der Waals surface area contributed by atoms with Gasteiger partial charge in [0, 0.05) is 12.0 Å². The molecule has 0 aromatic heterocycles. The number of hydrogen-bond acceptors (Lipinski definition) is 3. The van der Waals surface area contributed by atoms with Gasteiger partial charge < -0.3 is 15.9 Å². The third kappa shape index (κ3) is 1.80. The van der Waals surface area contributed by atoms with Crippen molar-refractivity contribution >= 4 is 0 Å². The Hall–Kier alpha value is -1.06. The Kier molecular flexibility index (Phi) is 2.89. The zero-order valence-corrected chi connectivity index (χ0v) is 12.6. The Labute approximate surface area is 126 Å². The van der Waals surface area contributed by atoms with Crippen molar-refractivity contribution in [1.82, 2.24) is 0 Å². The van der Waals surface area contributed by atoms with E-state index in [4.69, 9.17) is 5.73 Å². The number of aliphatic hydroxyl groups excluding tert-OH is 1. The molecular formula is C18H25NO2. The SMILES string of the molecule is C[C@]12C[C@H](O)C3c4ccc(O)cc4CCC3C1CC[C@@H]2N. The van der Waals surface area contributed by atoms with E-state index in [9.17, 15) is 10.2 Å². The van der Waals surface area contributed by atoms with Gasteiger partial charge in [-0.2, -0.15) is 0 Å². The second kappa shape index (κ2) is 4.47. The van der Waals surface area contributed by atoms with E-state index in [0.29, 0.717) is 17.6 Å². The zero-order valence-electron chi connectivity index (χ0n) is 12.6. The Bertz CT molecular complexity index is 572. The normalized spacial score (nSPS) is 44.8. The standard InChI is InChI=1S/C18H25NO2/c1-18-9-15(21)17-12-5-3-11(20)8-10(12)2-4-13(17)14(18)6-7-16(18)19/h3,5,8,13-17,20-21H,2,4,6-7,9,19H2,1H3/t13?,14?,15-,16-,17?,18-/m0/s1. The van der Waals surface area contributed by atoms with Crippen LogP contribution < -0.4 is 5.73 Å². The minimum absolute atomic E-state index is 0.106. The number of rotatable bonds is 0. The second-order valence-electron chi connectivity index (χ2n) is 7.68. The summed E-state index contributed by atoms with van der Waals surface area (Å²) in [5.74, 6) is 1.76. The number of phenolic OH excluding ortho intramolecular Hbond substituents is 1. The van der Waals surface area contributed by atoms with E-state index in [1.54, 1.807) is 6.07 Å². The molecule has 3 aliphatic rings. The summed E-state index contributed by atoms with van der Waals surface area (Å²) >= 11 is 0. The van der Waals surface area contributed by atoms with Crippen molar-refractivity contribution in [2.45, 2.75) is 57.1 Å². The molecule has 2 saturated carbocycles. The largest absolute Gasteiger partial charge is 0.508 e. The number of fused-ring (bicyclic) bond motifs is 5. The zero-order chi connectivity index (χ0) is 14.8. The molecule has 4 rings (SSSR count). The maximum atomic E-state index is 10.8. The van der Waals surface area contributed by atoms with Crippen LogP contribution >= 0.6 is 0 Å². The second-order valence-corrected chi connectivity index (χ2v) is 7.68. The third-order valence-corrected chi connectivity index (χ3v) is 6.76. The number of aromatic hydroxyl groups is 1. The van der Waals surface area contributed by atoms with Gasteiger partial charge in [-0.1, -0.05) is 13.0 Å². The number of phenols is 1. The molecule has 6 atom stereocenters. The molecule has 0 spiro atoms. The lowest BCUT2D eigenvalue weighted by Crippen LogP contribution is -2.51. The number of aliphatic hydroxyl groups is 1. The van der Waals surface area contributed by atoms with Gasteiger partial charge in [-0.25, -0.2) is 0 Å². The first-order valence-corrected chi connectivity index (χ1v) is 8.26. The van der Waals surface area contributed by atoms with Crippen molar-refractivity contribution in [3.63, 3.8) is 0 Å². The minimum atomic E-state index is -0.302. The average Bonchev–Trinajstić information content (AvgIpc) is 2.74. The minimum Gasteiger partial charge on any atom is -0.508 e. The molecular weight excluding hydrogens is 262 g/mol. The van der Waals surface area contributed by atoms with E-state index in [-0.39, 0.29) is 23.5 Å². The number of benzene rings is 1. The predicted octanol–water partition coefficient (Wildman–Crippen LogP) is 2.55. The van der Waals surface area contributed by atoms with E-state index in [2.05, 4.69) is 6.92 Å². The van der Waals surface area contributed by atoms with E-state index in [0.717, 1.165) is 25.7 Å². The molecule has 0 heterocycles. The van der Waals surface area contributed by atoms with Gasteiger partial charge in [0.1, 0.15) is 5.75 Å². The molecule has 0 radical (unpaired) electrons. The summed E-state index contributed by atoms with van der Waals surface area (Å²) in [5.41, 5.74) is 8.97. The van der Waals surface area contributed by atoms with Gasteiger partial charge in [0.15, 0.2) is 0 Å².